The average Bonchev–Trinajstić information content (AvgIpc) is 3.41. The van der Waals surface area contributed by atoms with Gasteiger partial charge < -0.3 is 10.2 Å². The number of carbonyl (C=O) groups is 2. The van der Waals surface area contributed by atoms with Gasteiger partial charge in [-0.3, -0.25) is 14.2 Å². The number of hydrogen-bond acceptors (Lipinski definition) is 4. The quantitative estimate of drug-likeness (QED) is 0.517. The van der Waals surface area contributed by atoms with Crippen LogP contribution in [0.25, 0.3) is 16.9 Å². The van der Waals surface area contributed by atoms with Crippen molar-refractivity contribution in [3.05, 3.63) is 77.7 Å². The molecule has 154 valence electrons. The predicted molar refractivity (Wildman–Crippen MR) is 120 cm³/mol. The number of imidazole rings is 1. The summed E-state index contributed by atoms with van der Waals surface area (Å²) < 4.78 is 1.89. The zero-order valence-electron chi connectivity index (χ0n) is 16.5. The first kappa shape index (κ1) is 19.3. The Kier molecular flexibility index (Phi) is 4.88. The van der Waals surface area contributed by atoms with Crippen LogP contribution in [0, 0.1) is 0 Å². The molecule has 1 N–H and O–H groups in total. The molecule has 0 bridgehead atoms. The van der Waals surface area contributed by atoms with Gasteiger partial charge in [-0.1, -0.05) is 23.7 Å². The van der Waals surface area contributed by atoms with E-state index >= 15 is 0 Å². The Morgan fingerprint density at radius 3 is 2.71 bits per heavy atom. The molecule has 0 unspecified atom stereocenters. The smallest absolute Gasteiger partial charge is 0.255 e. The third-order valence-corrected chi connectivity index (χ3v) is 5.60. The van der Waals surface area contributed by atoms with E-state index < -0.39 is 0 Å². The van der Waals surface area contributed by atoms with E-state index in [2.05, 4.69) is 15.3 Å². The number of fused-ring (bicyclic) bond motifs is 1. The first-order valence-electron chi connectivity index (χ1n) is 9.90. The van der Waals surface area contributed by atoms with Crippen molar-refractivity contribution < 1.29 is 9.59 Å². The minimum atomic E-state index is -0.299. The van der Waals surface area contributed by atoms with Crippen molar-refractivity contribution in [1.82, 2.24) is 14.5 Å². The van der Waals surface area contributed by atoms with Gasteiger partial charge in [0.1, 0.15) is 12.1 Å². The molecule has 1 saturated heterocycles. The third kappa shape index (κ3) is 3.64. The SMILES string of the molecule is O=C(Nc1ccc(-n2cnc3ccccc32)nc1)c1ccc(Cl)c(N2CCCC2=O)c1. The molecule has 8 heteroatoms. The zero-order chi connectivity index (χ0) is 21.4. The van der Waals surface area contributed by atoms with Crippen LogP contribution in [0.2, 0.25) is 5.02 Å². The zero-order valence-corrected chi connectivity index (χ0v) is 17.2. The van der Waals surface area contributed by atoms with Crippen molar-refractivity contribution >= 4 is 45.8 Å². The van der Waals surface area contributed by atoms with Crippen LogP contribution in [0.1, 0.15) is 23.2 Å². The van der Waals surface area contributed by atoms with Crippen LogP contribution >= 0.6 is 11.6 Å². The summed E-state index contributed by atoms with van der Waals surface area (Å²) >= 11 is 6.27. The fraction of sp³-hybridized carbons (Fsp3) is 0.130. The van der Waals surface area contributed by atoms with Gasteiger partial charge in [-0.25, -0.2) is 9.97 Å². The number of para-hydroxylation sites is 2. The van der Waals surface area contributed by atoms with E-state index in [1.165, 1.54) is 0 Å². The number of pyridine rings is 1. The molecule has 4 aromatic rings. The highest BCUT2D eigenvalue weighted by Gasteiger charge is 2.24. The number of anilines is 2. The van der Waals surface area contributed by atoms with Crippen molar-refractivity contribution in [1.29, 1.82) is 0 Å². The normalized spacial score (nSPS) is 13.7. The molecular weight excluding hydrogens is 414 g/mol. The molecule has 0 saturated carbocycles. The largest absolute Gasteiger partial charge is 0.321 e. The Bertz CT molecular complexity index is 1300. The van der Waals surface area contributed by atoms with Gasteiger partial charge in [0.2, 0.25) is 5.91 Å². The summed E-state index contributed by atoms with van der Waals surface area (Å²) in [6.07, 6.45) is 4.61. The monoisotopic (exact) mass is 431 g/mol. The van der Waals surface area contributed by atoms with E-state index in [0.717, 1.165) is 17.5 Å². The molecule has 0 radical (unpaired) electrons. The molecule has 2 aromatic heterocycles. The molecule has 31 heavy (non-hydrogen) atoms. The number of rotatable bonds is 4. The lowest BCUT2D eigenvalue weighted by molar-refractivity contribution is -0.117. The molecule has 1 fully saturated rings. The Morgan fingerprint density at radius 2 is 1.94 bits per heavy atom. The molecule has 1 aliphatic heterocycles. The predicted octanol–water partition coefficient (Wildman–Crippen LogP) is 4.45. The maximum absolute atomic E-state index is 12.8. The lowest BCUT2D eigenvalue weighted by Crippen LogP contribution is -2.24. The van der Waals surface area contributed by atoms with Gasteiger partial charge in [-0.05, 0) is 48.9 Å². The minimum Gasteiger partial charge on any atom is -0.321 e. The standard InChI is InChI=1S/C23H18ClN5O2/c24-17-9-7-15(12-20(17)28-11-3-6-22(28)30)23(31)27-16-8-10-21(25-13-16)29-14-26-18-4-1-2-5-19(18)29/h1-2,4-5,7-10,12-14H,3,6,11H2,(H,27,31). The van der Waals surface area contributed by atoms with Crippen LogP contribution in [-0.2, 0) is 4.79 Å². The molecule has 1 aliphatic rings. The number of carbonyl (C=O) groups excluding carboxylic acids is 2. The summed E-state index contributed by atoms with van der Waals surface area (Å²) in [6, 6.07) is 16.3. The first-order valence-corrected chi connectivity index (χ1v) is 10.3. The first-order chi connectivity index (χ1) is 15.1. The average molecular weight is 432 g/mol. The highest BCUT2D eigenvalue weighted by atomic mass is 35.5. The number of amides is 2. The van der Waals surface area contributed by atoms with Crippen LogP contribution in [0.3, 0.4) is 0 Å². The van der Waals surface area contributed by atoms with Crippen LogP contribution in [0.15, 0.2) is 67.1 Å². The lowest BCUT2D eigenvalue weighted by Gasteiger charge is -2.18. The summed E-state index contributed by atoms with van der Waals surface area (Å²) in [6.45, 7) is 0.609. The van der Waals surface area contributed by atoms with E-state index in [-0.39, 0.29) is 11.8 Å². The molecule has 0 atom stereocenters. The maximum atomic E-state index is 12.8. The van der Waals surface area contributed by atoms with Crippen molar-refractivity contribution in [3.8, 4) is 5.82 Å². The number of nitrogens with one attached hydrogen (secondary N) is 1. The lowest BCUT2D eigenvalue weighted by atomic mass is 10.1. The Labute approximate surface area is 183 Å². The van der Waals surface area contributed by atoms with E-state index in [1.54, 1.807) is 41.7 Å². The summed E-state index contributed by atoms with van der Waals surface area (Å²) in [5.41, 5.74) is 3.39. The number of aromatic nitrogens is 3. The van der Waals surface area contributed by atoms with Crippen molar-refractivity contribution in [3.63, 3.8) is 0 Å². The summed E-state index contributed by atoms with van der Waals surface area (Å²) in [7, 11) is 0. The second-order valence-electron chi connectivity index (χ2n) is 7.28. The van der Waals surface area contributed by atoms with E-state index in [1.807, 2.05) is 34.9 Å². The van der Waals surface area contributed by atoms with Crippen molar-refractivity contribution in [2.45, 2.75) is 12.8 Å². The Hall–Kier alpha value is -3.71. The van der Waals surface area contributed by atoms with E-state index in [4.69, 9.17) is 11.6 Å². The van der Waals surface area contributed by atoms with Gasteiger partial charge in [0.25, 0.3) is 5.91 Å². The molecule has 3 heterocycles. The fourth-order valence-electron chi connectivity index (χ4n) is 3.71. The molecule has 5 rings (SSSR count). The van der Waals surface area contributed by atoms with Gasteiger partial charge >= 0.3 is 0 Å². The third-order valence-electron chi connectivity index (χ3n) is 5.28. The molecule has 2 aromatic carbocycles. The molecule has 0 spiro atoms. The van der Waals surface area contributed by atoms with Gasteiger partial charge in [-0.15, -0.1) is 0 Å². The Morgan fingerprint density at radius 1 is 1.06 bits per heavy atom. The van der Waals surface area contributed by atoms with Crippen LogP contribution < -0.4 is 10.2 Å². The number of benzene rings is 2. The Balaban J connectivity index is 1.36. The highest BCUT2D eigenvalue weighted by Crippen LogP contribution is 2.30. The summed E-state index contributed by atoms with van der Waals surface area (Å²) in [5, 5.41) is 3.29. The van der Waals surface area contributed by atoms with Gasteiger partial charge in [0, 0.05) is 18.5 Å². The fourth-order valence-corrected chi connectivity index (χ4v) is 3.93. The van der Waals surface area contributed by atoms with E-state index in [9.17, 15) is 9.59 Å². The van der Waals surface area contributed by atoms with Crippen LogP contribution in [-0.4, -0.2) is 32.9 Å². The molecular formula is C23H18ClN5O2. The van der Waals surface area contributed by atoms with Crippen molar-refractivity contribution in [2.24, 2.45) is 0 Å². The highest BCUT2D eigenvalue weighted by molar-refractivity contribution is 6.34. The molecule has 0 aliphatic carbocycles. The minimum absolute atomic E-state index is 0.0197. The van der Waals surface area contributed by atoms with E-state index in [0.29, 0.717) is 40.7 Å². The van der Waals surface area contributed by atoms with Gasteiger partial charge in [-0.2, -0.15) is 0 Å². The topological polar surface area (TPSA) is 80.1 Å². The van der Waals surface area contributed by atoms with Crippen LogP contribution in [0.5, 0.6) is 0 Å². The van der Waals surface area contributed by atoms with Gasteiger partial charge in [0.05, 0.1) is 33.6 Å². The van der Waals surface area contributed by atoms with Crippen LogP contribution in [0.4, 0.5) is 11.4 Å². The number of halogens is 1. The maximum Gasteiger partial charge on any atom is 0.255 e. The molecule has 2 amide bonds. The van der Waals surface area contributed by atoms with Crippen molar-refractivity contribution in [2.75, 3.05) is 16.8 Å². The molecule has 7 nitrogen and oxygen atoms in total. The number of hydrogen-bond donors (Lipinski definition) is 1. The second kappa shape index (κ2) is 7.85. The number of nitrogens with zero attached hydrogens (tertiary/aromatic N) is 4. The summed E-state index contributed by atoms with van der Waals surface area (Å²) in [5.74, 6) is 0.423. The second-order valence-corrected chi connectivity index (χ2v) is 7.68. The van der Waals surface area contributed by atoms with Gasteiger partial charge in [0.15, 0.2) is 0 Å². The summed E-state index contributed by atoms with van der Waals surface area (Å²) in [4.78, 5) is 35.3.